The maximum Gasteiger partial charge on any atom is 0.324 e. The van der Waals surface area contributed by atoms with E-state index in [2.05, 4.69) is 34.4 Å². The molecule has 3 heterocycles. The van der Waals surface area contributed by atoms with E-state index in [-0.39, 0.29) is 26.3 Å². The predicted octanol–water partition coefficient (Wildman–Crippen LogP) is 3.65. The highest BCUT2D eigenvalue weighted by Gasteiger charge is 2.74. The van der Waals surface area contributed by atoms with Crippen molar-refractivity contribution in [1.29, 1.82) is 0 Å². The molecule has 4 aromatic rings. The molecule has 54 heavy (non-hydrogen) atoms. The second kappa shape index (κ2) is 15.3. The Morgan fingerprint density at radius 3 is 2.31 bits per heavy atom. The standard InChI is InChI=1S/C42H39N5O7/c1-2-21-44-38(49)33-35-39(50)54-36(28-13-7-4-8-14-28)34(27-11-5-3-6-12-27)47(35)37(29-16-18-30(19-17-29)53-24-23-48)42(33)31-25-26(10-9-22-45-41(43)52)15-20-32(31)46-40(42)51/h2-8,11-20,25,33-37,48H,1,21-24H2,(H,44,49)(H,46,51)(H3,43,45,52)/t33-,34-,35-,36+,37+,42-/m0/s1. The molecule has 2 saturated heterocycles. The van der Waals surface area contributed by atoms with Crippen molar-refractivity contribution in [2.45, 2.75) is 29.6 Å². The molecule has 4 amide bonds. The fourth-order valence-corrected chi connectivity index (χ4v) is 8.14. The Hall–Kier alpha value is -6.42. The van der Waals surface area contributed by atoms with Gasteiger partial charge in [-0.15, -0.1) is 6.58 Å². The Bertz CT molecular complexity index is 2130. The molecule has 274 valence electrons. The summed E-state index contributed by atoms with van der Waals surface area (Å²) in [6.07, 6.45) is 0.728. The van der Waals surface area contributed by atoms with Crippen molar-refractivity contribution in [2.24, 2.45) is 11.7 Å². The number of ether oxygens (including phenoxy) is 2. The number of primary amides is 1. The summed E-state index contributed by atoms with van der Waals surface area (Å²) in [5.41, 5.74) is 7.20. The number of nitrogens with one attached hydrogen (secondary N) is 3. The van der Waals surface area contributed by atoms with Crippen molar-refractivity contribution in [3.8, 4) is 17.6 Å². The van der Waals surface area contributed by atoms with Crippen LogP contribution in [0, 0.1) is 17.8 Å². The summed E-state index contributed by atoms with van der Waals surface area (Å²) in [7, 11) is 0. The van der Waals surface area contributed by atoms with E-state index in [1.165, 1.54) is 6.08 Å². The number of amides is 4. The van der Waals surface area contributed by atoms with E-state index in [1.807, 2.05) is 77.7 Å². The molecule has 0 bridgehead atoms. The maximum absolute atomic E-state index is 15.1. The van der Waals surface area contributed by atoms with Gasteiger partial charge in [0.1, 0.15) is 29.9 Å². The van der Waals surface area contributed by atoms with E-state index in [0.29, 0.717) is 28.1 Å². The van der Waals surface area contributed by atoms with Gasteiger partial charge in [0.2, 0.25) is 11.8 Å². The molecule has 0 radical (unpaired) electrons. The van der Waals surface area contributed by atoms with Crippen LogP contribution in [0.1, 0.15) is 46.0 Å². The lowest BCUT2D eigenvalue weighted by Crippen LogP contribution is -2.54. The first-order chi connectivity index (χ1) is 26.3. The second-order valence-electron chi connectivity index (χ2n) is 13.2. The van der Waals surface area contributed by atoms with Gasteiger partial charge in [0.15, 0.2) is 0 Å². The number of hydrogen-bond acceptors (Lipinski definition) is 8. The first-order valence-electron chi connectivity index (χ1n) is 17.6. The number of esters is 1. The first-order valence-corrected chi connectivity index (χ1v) is 17.6. The SMILES string of the molecule is C=CCNC(=O)[C@@H]1[C@H]2C(=O)O[C@H](c3ccccc3)[C@H](c3ccccc3)N2[C@H](c2ccc(OCCO)cc2)[C@@]12C(=O)Nc1ccc(C#CCNC(N)=O)cc12. The number of aliphatic hydroxyl groups excluding tert-OH is 1. The smallest absolute Gasteiger partial charge is 0.324 e. The average molecular weight is 726 g/mol. The van der Waals surface area contributed by atoms with Crippen molar-refractivity contribution in [2.75, 3.05) is 31.6 Å². The molecule has 12 nitrogen and oxygen atoms in total. The van der Waals surface area contributed by atoms with Crippen LogP contribution in [-0.4, -0.2) is 66.2 Å². The molecule has 7 rings (SSSR count). The van der Waals surface area contributed by atoms with Crippen LogP contribution in [0.15, 0.2) is 116 Å². The van der Waals surface area contributed by atoms with Crippen LogP contribution in [0.4, 0.5) is 10.5 Å². The molecule has 0 unspecified atom stereocenters. The number of morpholine rings is 1. The van der Waals surface area contributed by atoms with Gasteiger partial charge in [-0.2, -0.15) is 0 Å². The maximum atomic E-state index is 15.1. The molecule has 6 atom stereocenters. The Labute approximate surface area is 312 Å². The Morgan fingerprint density at radius 2 is 1.65 bits per heavy atom. The highest BCUT2D eigenvalue weighted by atomic mass is 16.6. The topological polar surface area (TPSA) is 172 Å². The van der Waals surface area contributed by atoms with Crippen LogP contribution in [0.3, 0.4) is 0 Å². The lowest BCUT2D eigenvalue weighted by Gasteiger charge is -2.46. The lowest BCUT2D eigenvalue weighted by atomic mass is 9.65. The Kier molecular flexibility index (Phi) is 10.2. The third kappa shape index (κ3) is 6.33. The van der Waals surface area contributed by atoms with Gasteiger partial charge in [-0.3, -0.25) is 19.3 Å². The molecule has 12 heteroatoms. The summed E-state index contributed by atoms with van der Waals surface area (Å²) in [5, 5.41) is 17.8. The van der Waals surface area contributed by atoms with Gasteiger partial charge < -0.3 is 36.3 Å². The second-order valence-corrected chi connectivity index (χ2v) is 13.2. The van der Waals surface area contributed by atoms with Crippen molar-refractivity contribution in [1.82, 2.24) is 15.5 Å². The summed E-state index contributed by atoms with van der Waals surface area (Å²) < 4.78 is 12.1. The van der Waals surface area contributed by atoms with E-state index >= 15 is 4.79 Å². The molecule has 4 aromatic carbocycles. The zero-order chi connectivity index (χ0) is 37.8. The highest BCUT2D eigenvalue weighted by molar-refractivity contribution is 6.12. The summed E-state index contributed by atoms with van der Waals surface area (Å²) in [6, 6.07) is 27.9. The van der Waals surface area contributed by atoms with Crippen molar-refractivity contribution < 1.29 is 33.8 Å². The van der Waals surface area contributed by atoms with Gasteiger partial charge in [-0.05, 0) is 52.6 Å². The molecular formula is C42H39N5O7. The quantitative estimate of drug-likeness (QED) is 0.0937. The third-order valence-corrected chi connectivity index (χ3v) is 10.2. The van der Waals surface area contributed by atoms with Crippen molar-refractivity contribution in [3.05, 3.63) is 144 Å². The van der Waals surface area contributed by atoms with Crippen LogP contribution >= 0.6 is 0 Å². The number of aliphatic hydroxyl groups is 1. The number of anilines is 1. The zero-order valence-electron chi connectivity index (χ0n) is 29.2. The van der Waals surface area contributed by atoms with Crippen LogP contribution < -0.4 is 26.4 Å². The number of carbonyl (C=O) groups is 4. The lowest BCUT2D eigenvalue weighted by molar-refractivity contribution is -0.178. The molecule has 1 spiro atoms. The number of nitrogens with zero attached hydrogens (tertiary/aromatic N) is 1. The number of fused-ring (bicyclic) bond motifs is 3. The average Bonchev–Trinajstić information content (AvgIpc) is 3.67. The minimum atomic E-state index is -1.69. The normalized spacial score (nSPS) is 23.9. The minimum absolute atomic E-state index is 0.00399. The predicted molar refractivity (Wildman–Crippen MR) is 200 cm³/mol. The van der Waals surface area contributed by atoms with Crippen LogP contribution in [-0.2, 0) is 24.5 Å². The van der Waals surface area contributed by atoms with E-state index < -0.39 is 59.4 Å². The monoisotopic (exact) mass is 725 g/mol. The minimum Gasteiger partial charge on any atom is -0.491 e. The van der Waals surface area contributed by atoms with E-state index in [9.17, 15) is 19.5 Å². The molecule has 0 saturated carbocycles. The number of nitrogens with two attached hydrogens (primary N) is 1. The van der Waals surface area contributed by atoms with E-state index in [4.69, 9.17) is 15.2 Å². The molecule has 2 fully saturated rings. The molecule has 0 aromatic heterocycles. The number of benzene rings is 4. The van der Waals surface area contributed by atoms with Crippen LogP contribution in [0.2, 0.25) is 0 Å². The number of carbonyl (C=O) groups excluding carboxylic acids is 4. The number of cyclic esters (lactones) is 1. The van der Waals surface area contributed by atoms with Crippen LogP contribution in [0.5, 0.6) is 5.75 Å². The van der Waals surface area contributed by atoms with E-state index in [0.717, 1.165) is 11.1 Å². The number of rotatable bonds is 10. The van der Waals surface area contributed by atoms with Crippen LogP contribution in [0.25, 0.3) is 0 Å². The van der Waals surface area contributed by atoms with Gasteiger partial charge >= 0.3 is 12.0 Å². The number of hydrogen-bond donors (Lipinski definition) is 5. The van der Waals surface area contributed by atoms with Gasteiger partial charge in [0.25, 0.3) is 0 Å². The fourth-order valence-electron chi connectivity index (χ4n) is 8.14. The first kappa shape index (κ1) is 36.0. The molecule has 3 aliphatic rings. The van der Waals surface area contributed by atoms with Gasteiger partial charge in [0.05, 0.1) is 31.2 Å². The molecular weight excluding hydrogens is 686 g/mol. The fraction of sp³-hybridized carbons (Fsp3) is 0.238. The largest absolute Gasteiger partial charge is 0.491 e. The van der Waals surface area contributed by atoms with Gasteiger partial charge in [-0.25, -0.2) is 4.79 Å². The van der Waals surface area contributed by atoms with Gasteiger partial charge in [0, 0.05) is 17.8 Å². The van der Waals surface area contributed by atoms with E-state index in [1.54, 1.807) is 30.3 Å². The number of urea groups is 1. The molecule has 6 N–H and O–H groups in total. The van der Waals surface area contributed by atoms with Crippen molar-refractivity contribution >= 4 is 29.5 Å². The summed E-state index contributed by atoms with van der Waals surface area (Å²) >= 11 is 0. The Morgan fingerprint density at radius 1 is 0.944 bits per heavy atom. The molecule has 0 aliphatic carbocycles. The summed E-state index contributed by atoms with van der Waals surface area (Å²) in [6.45, 7) is 3.77. The van der Waals surface area contributed by atoms with Crippen molar-refractivity contribution in [3.63, 3.8) is 0 Å². The summed E-state index contributed by atoms with van der Waals surface area (Å²) in [4.78, 5) is 57.8. The molecule has 3 aliphatic heterocycles. The summed E-state index contributed by atoms with van der Waals surface area (Å²) in [5.74, 6) is 3.48. The highest BCUT2D eigenvalue weighted by Crippen LogP contribution is 2.64. The zero-order valence-corrected chi connectivity index (χ0v) is 29.2. The van der Waals surface area contributed by atoms with Gasteiger partial charge in [-0.1, -0.05) is 90.7 Å². The third-order valence-electron chi connectivity index (χ3n) is 10.2. The Balaban J connectivity index is 1.51.